The second-order valence-corrected chi connectivity index (χ2v) is 6.61. The molecule has 2 saturated carbocycles. The van der Waals surface area contributed by atoms with Crippen LogP contribution < -0.4 is 5.32 Å². The van der Waals surface area contributed by atoms with Crippen molar-refractivity contribution < 1.29 is 0 Å². The number of nitrogens with one attached hydrogen (secondary N) is 1. The lowest BCUT2D eigenvalue weighted by molar-refractivity contribution is 0.236. The molecule has 0 saturated heterocycles. The summed E-state index contributed by atoms with van der Waals surface area (Å²) in [5, 5.41) is 3.61. The monoisotopic (exact) mass is 209 g/mol. The van der Waals surface area contributed by atoms with Gasteiger partial charge in [0.1, 0.15) is 0 Å². The van der Waals surface area contributed by atoms with Crippen LogP contribution in [0.3, 0.4) is 0 Å². The van der Waals surface area contributed by atoms with Gasteiger partial charge in [0, 0.05) is 0 Å². The van der Waals surface area contributed by atoms with Gasteiger partial charge in [-0.25, -0.2) is 0 Å². The molecule has 0 radical (unpaired) electrons. The maximum Gasteiger partial charge on any atom is -0.00150 e. The van der Waals surface area contributed by atoms with Gasteiger partial charge in [0.2, 0.25) is 0 Å². The molecule has 0 spiro atoms. The Kier molecular flexibility index (Phi) is 3.39. The summed E-state index contributed by atoms with van der Waals surface area (Å²) in [4.78, 5) is 0. The van der Waals surface area contributed by atoms with Crippen molar-refractivity contribution in [3.63, 3.8) is 0 Å². The van der Waals surface area contributed by atoms with Crippen LogP contribution in [0.1, 0.15) is 52.9 Å². The van der Waals surface area contributed by atoms with Crippen molar-refractivity contribution in [1.29, 1.82) is 0 Å². The Balaban J connectivity index is 1.60. The summed E-state index contributed by atoms with van der Waals surface area (Å²) in [5.74, 6) is 2.86. The van der Waals surface area contributed by atoms with E-state index in [-0.39, 0.29) is 0 Å². The van der Waals surface area contributed by atoms with Crippen molar-refractivity contribution >= 4 is 0 Å². The predicted octanol–water partition coefficient (Wildman–Crippen LogP) is 3.45. The molecule has 0 aliphatic heterocycles. The predicted molar refractivity (Wildman–Crippen MR) is 65.9 cm³/mol. The minimum Gasteiger partial charge on any atom is -0.316 e. The van der Waals surface area contributed by atoms with Crippen molar-refractivity contribution in [2.75, 3.05) is 13.1 Å². The largest absolute Gasteiger partial charge is 0.316 e. The Morgan fingerprint density at radius 1 is 1.33 bits per heavy atom. The maximum absolute atomic E-state index is 3.61. The first kappa shape index (κ1) is 11.4. The zero-order valence-corrected chi connectivity index (χ0v) is 10.7. The zero-order valence-electron chi connectivity index (χ0n) is 10.7. The summed E-state index contributed by atoms with van der Waals surface area (Å²) < 4.78 is 0. The highest BCUT2D eigenvalue weighted by Gasteiger charge is 2.50. The molecule has 2 aliphatic carbocycles. The molecule has 2 rings (SSSR count). The minimum absolute atomic E-state index is 0.717. The molecule has 15 heavy (non-hydrogen) atoms. The molecule has 0 heterocycles. The van der Waals surface area contributed by atoms with Gasteiger partial charge in [-0.2, -0.15) is 0 Å². The van der Waals surface area contributed by atoms with Gasteiger partial charge in [0.05, 0.1) is 0 Å². The molecule has 2 aliphatic rings. The van der Waals surface area contributed by atoms with Crippen molar-refractivity contribution in [2.24, 2.45) is 23.2 Å². The fourth-order valence-electron chi connectivity index (χ4n) is 2.98. The zero-order chi connectivity index (χ0) is 10.9. The SMILES string of the molecule is CC(C)CNCC1CC1(C)CC1CCC1. The van der Waals surface area contributed by atoms with Gasteiger partial charge in [0.15, 0.2) is 0 Å². The van der Waals surface area contributed by atoms with E-state index in [1.807, 2.05) is 0 Å². The van der Waals surface area contributed by atoms with E-state index < -0.39 is 0 Å². The molecule has 0 aromatic carbocycles. The van der Waals surface area contributed by atoms with Gasteiger partial charge < -0.3 is 5.32 Å². The molecular formula is C14H27N. The van der Waals surface area contributed by atoms with E-state index in [1.165, 1.54) is 45.2 Å². The fourth-order valence-corrected chi connectivity index (χ4v) is 2.98. The number of hydrogen-bond donors (Lipinski definition) is 1. The summed E-state index contributed by atoms with van der Waals surface area (Å²) in [6.45, 7) is 9.53. The Bertz CT molecular complexity index is 207. The molecule has 2 unspecified atom stereocenters. The first-order chi connectivity index (χ1) is 7.10. The van der Waals surface area contributed by atoms with E-state index in [0.29, 0.717) is 0 Å². The molecule has 1 N–H and O–H groups in total. The molecule has 2 fully saturated rings. The first-order valence-corrected chi connectivity index (χ1v) is 6.81. The first-order valence-electron chi connectivity index (χ1n) is 6.81. The smallest absolute Gasteiger partial charge is 0.00150 e. The molecule has 0 amide bonds. The molecule has 0 aromatic rings. The van der Waals surface area contributed by atoms with Crippen molar-refractivity contribution in [3.8, 4) is 0 Å². The van der Waals surface area contributed by atoms with E-state index in [0.717, 1.165) is 23.2 Å². The van der Waals surface area contributed by atoms with Gasteiger partial charge >= 0.3 is 0 Å². The van der Waals surface area contributed by atoms with Gasteiger partial charge in [-0.3, -0.25) is 0 Å². The third-order valence-corrected chi connectivity index (χ3v) is 4.46. The highest BCUT2D eigenvalue weighted by atomic mass is 14.9. The standard InChI is InChI=1S/C14H27N/c1-11(2)9-15-10-13-8-14(13,3)7-12-5-4-6-12/h11-13,15H,4-10H2,1-3H3. The number of hydrogen-bond acceptors (Lipinski definition) is 1. The Morgan fingerprint density at radius 2 is 2.07 bits per heavy atom. The van der Waals surface area contributed by atoms with Crippen molar-refractivity contribution in [1.82, 2.24) is 5.32 Å². The lowest BCUT2D eigenvalue weighted by Gasteiger charge is -2.28. The van der Waals surface area contributed by atoms with Crippen LogP contribution in [0.15, 0.2) is 0 Å². The van der Waals surface area contributed by atoms with Crippen LogP contribution in [0.2, 0.25) is 0 Å². The Labute approximate surface area is 95.0 Å². The molecule has 1 nitrogen and oxygen atoms in total. The Hall–Kier alpha value is -0.0400. The summed E-state index contributed by atoms with van der Waals surface area (Å²) in [5.41, 5.74) is 0.717. The normalized spacial score (nSPS) is 35.6. The van der Waals surface area contributed by atoms with E-state index >= 15 is 0 Å². The Morgan fingerprint density at radius 3 is 2.60 bits per heavy atom. The molecule has 0 bridgehead atoms. The van der Waals surface area contributed by atoms with Crippen LogP contribution in [0.25, 0.3) is 0 Å². The minimum atomic E-state index is 0.717. The van der Waals surface area contributed by atoms with Crippen LogP contribution in [0, 0.1) is 23.2 Å². The van der Waals surface area contributed by atoms with Crippen LogP contribution in [-0.4, -0.2) is 13.1 Å². The summed E-state index contributed by atoms with van der Waals surface area (Å²) in [6, 6.07) is 0. The third kappa shape index (κ3) is 2.96. The van der Waals surface area contributed by atoms with Gasteiger partial charge in [-0.1, -0.05) is 40.0 Å². The van der Waals surface area contributed by atoms with Gasteiger partial charge in [-0.05, 0) is 49.1 Å². The second-order valence-electron chi connectivity index (χ2n) is 6.61. The molecule has 88 valence electrons. The summed E-state index contributed by atoms with van der Waals surface area (Å²) in [7, 11) is 0. The van der Waals surface area contributed by atoms with Crippen LogP contribution in [0.4, 0.5) is 0 Å². The summed E-state index contributed by atoms with van der Waals surface area (Å²) >= 11 is 0. The van der Waals surface area contributed by atoms with Crippen molar-refractivity contribution in [2.45, 2.75) is 52.9 Å². The van der Waals surface area contributed by atoms with Crippen LogP contribution in [-0.2, 0) is 0 Å². The maximum atomic E-state index is 3.61. The third-order valence-electron chi connectivity index (χ3n) is 4.46. The average molecular weight is 209 g/mol. The molecule has 2 atom stereocenters. The summed E-state index contributed by atoms with van der Waals surface area (Å²) in [6.07, 6.45) is 7.52. The van der Waals surface area contributed by atoms with E-state index in [9.17, 15) is 0 Å². The van der Waals surface area contributed by atoms with Crippen molar-refractivity contribution in [3.05, 3.63) is 0 Å². The topological polar surface area (TPSA) is 12.0 Å². The highest BCUT2D eigenvalue weighted by molar-refractivity contribution is 5.01. The van der Waals surface area contributed by atoms with Crippen LogP contribution in [0.5, 0.6) is 0 Å². The molecule has 1 heteroatoms. The van der Waals surface area contributed by atoms with E-state index in [2.05, 4.69) is 26.1 Å². The van der Waals surface area contributed by atoms with E-state index in [4.69, 9.17) is 0 Å². The van der Waals surface area contributed by atoms with Gasteiger partial charge in [0.25, 0.3) is 0 Å². The lowest BCUT2D eigenvalue weighted by atomic mass is 9.77. The average Bonchev–Trinajstić information content (AvgIpc) is 2.71. The highest BCUT2D eigenvalue weighted by Crippen LogP contribution is 2.57. The number of rotatable bonds is 6. The van der Waals surface area contributed by atoms with E-state index in [1.54, 1.807) is 0 Å². The molecular weight excluding hydrogens is 182 g/mol. The quantitative estimate of drug-likeness (QED) is 0.706. The lowest BCUT2D eigenvalue weighted by Crippen LogP contribution is -2.24. The second kappa shape index (κ2) is 4.45. The van der Waals surface area contributed by atoms with Crippen LogP contribution >= 0.6 is 0 Å². The fraction of sp³-hybridized carbons (Fsp3) is 1.00. The van der Waals surface area contributed by atoms with Gasteiger partial charge in [-0.15, -0.1) is 0 Å². The molecule has 0 aromatic heterocycles.